The van der Waals surface area contributed by atoms with Gasteiger partial charge in [0.15, 0.2) is 0 Å². The lowest BCUT2D eigenvalue weighted by Crippen LogP contribution is -2.35. The number of likely N-dealkylation sites (N-methyl/N-ethyl adjacent to an activating group) is 1. The van der Waals surface area contributed by atoms with Crippen LogP contribution in [0.2, 0.25) is 0 Å². The van der Waals surface area contributed by atoms with E-state index in [1.807, 2.05) is 49.4 Å². The molecular weight excluding hydrogens is 316 g/mol. The molecule has 0 saturated carbocycles. The molecule has 5 nitrogen and oxygen atoms in total. The van der Waals surface area contributed by atoms with Gasteiger partial charge in [-0.2, -0.15) is 0 Å². The predicted molar refractivity (Wildman–Crippen MR) is 96.7 cm³/mol. The molecule has 0 fully saturated rings. The Morgan fingerprint density at radius 2 is 1.88 bits per heavy atom. The summed E-state index contributed by atoms with van der Waals surface area (Å²) >= 11 is 0. The zero-order chi connectivity index (χ0) is 17.8. The molecule has 2 aromatic carbocycles. The van der Waals surface area contributed by atoms with Crippen LogP contribution >= 0.6 is 0 Å². The molecule has 5 heteroatoms. The van der Waals surface area contributed by atoms with Crippen molar-refractivity contribution in [1.29, 1.82) is 0 Å². The topological polar surface area (TPSA) is 62.4 Å². The maximum Gasteiger partial charge on any atom is 0.295 e. The van der Waals surface area contributed by atoms with Gasteiger partial charge in [-0.05, 0) is 30.7 Å². The van der Waals surface area contributed by atoms with E-state index in [1.54, 1.807) is 24.3 Å². The molecule has 1 aromatic heterocycles. The highest BCUT2D eigenvalue weighted by Gasteiger charge is 2.25. The minimum absolute atomic E-state index is 0.366. The molecular formula is C20H20N2O3. The van der Waals surface area contributed by atoms with Crippen molar-refractivity contribution in [3.05, 3.63) is 65.9 Å². The quantitative estimate of drug-likeness (QED) is 0.554. The summed E-state index contributed by atoms with van der Waals surface area (Å²) in [7, 11) is 1.57. The second kappa shape index (κ2) is 7.21. The van der Waals surface area contributed by atoms with Crippen LogP contribution in [0.3, 0.4) is 0 Å². The van der Waals surface area contributed by atoms with Crippen LogP contribution in [0, 0.1) is 0 Å². The fourth-order valence-electron chi connectivity index (χ4n) is 2.80. The summed E-state index contributed by atoms with van der Waals surface area (Å²) in [4.78, 5) is 30.1. The van der Waals surface area contributed by atoms with Gasteiger partial charge < -0.3 is 14.6 Å². The number of rotatable bonds is 6. The Kier molecular flexibility index (Phi) is 4.84. The highest BCUT2D eigenvalue weighted by Crippen LogP contribution is 2.24. The van der Waals surface area contributed by atoms with Crippen molar-refractivity contribution in [2.75, 3.05) is 13.7 Å². The van der Waals surface area contributed by atoms with Crippen LogP contribution in [0.4, 0.5) is 0 Å². The first-order valence-electron chi connectivity index (χ1n) is 8.16. The van der Waals surface area contributed by atoms with Crippen LogP contribution in [0.1, 0.15) is 22.8 Å². The van der Waals surface area contributed by atoms with Crippen molar-refractivity contribution < 1.29 is 14.3 Å². The number of fused-ring (bicyclic) bond motifs is 1. The Labute approximate surface area is 146 Å². The molecule has 1 amide bonds. The van der Waals surface area contributed by atoms with Crippen molar-refractivity contribution >= 4 is 22.6 Å². The van der Waals surface area contributed by atoms with Gasteiger partial charge in [-0.3, -0.25) is 9.59 Å². The molecule has 25 heavy (non-hydrogen) atoms. The minimum Gasteiger partial charge on any atom is -0.497 e. The molecule has 0 saturated heterocycles. The lowest BCUT2D eigenvalue weighted by atomic mass is 10.1. The van der Waals surface area contributed by atoms with Gasteiger partial charge >= 0.3 is 0 Å². The van der Waals surface area contributed by atoms with Gasteiger partial charge in [0, 0.05) is 30.2 Å². The number of amides is 1. The lowest BCUT2D eigenvalue weighted by molar-refractivity contribution is -0.126. The van der Waals surface area contributed by atoms with Crippen LogP contribution in [-0.2, 0) is 11.3 Å². The molecule has 0 aliphatic rings. The van der Waals surface area contributed by atoms with Crippen molar-refractivity contribution in [2.45, 2.75) is 13.5 Å². The van der Waals surface area contributed by atoms with E-state index in [4.69, 9.17) is 4.74 Å². The third-order valence-electron chi connectivity index (χ3n) is 4.21. The Bertz CT molecular complexity index is 900. The normalized spacial score (nSPS) is 10.6. The summed E-state index contributed by atoms with van der Waals surface area (Å²) in [5, 5.41) is 0.688. The minimum atomic E-state index is -0.516. The highest BCUT2D eigenvalue weighted by molar-refractivity contribution is 6.44. The first-order chi connectivity index (χ1) is 12.1. The summed E-state index contributed by atoms with van der Waals surface area (Å²) in [5.41, 5.74) is 2.15. The highest BCUT2D eigenvalue weighted by atomic mass is 16.5. The van der Waals surface area contributed by atoms with E-state index in [0.29, 0.717) is 29.8 Å². The Morgan fingerprint density at radius 1 is 1.12 bits per heavy atom. The number of hydrogen-bond donors (Lipinski definition) is 1. The molecule has 0 radical (unpaired) electrons. The SMILES string of the molecule is CCN(Cc1ccccc1)C(=O)C(=O)c1c[nH]c2ccc(OC)cc12. The third-order valence-corrected chi connectivity index (χ3v) is 4.21. The van der Waals surface area contributed by atoms with Gasteiger partial charge in [0.1, 0.15) is 5.75 Å². The van der Waals surface area contributed by atoms with Crippen molar-refractivity contribution in [2.24, 2.45) is 0 Å². The van der Waals surface area contributed by atoms with Gasteiger partial charge in [0.2, 0.25) is 0 Å². The van der Waals surface area contributed by atoms with E-state index in [2.05, 4.69) is 4.98 Å². The molecule has 0 spiro atoms. The standard InChI is InChI=1S/C20H20N2O3/c1-3-22(13-14-7-5-4-6-8-14)20(24)19(23)17-12-21-18-10-9-15(25-2)11-16(17)18/h4-12,21H,3,13H2,1-2H3. The molecule has 3 rings (SSSR count). The van der Waals surface area contributed by atoms with Crippen LogP contribution in [0.25, 0.3) is 10.9 Å². The number of aromatic nitrogens is 1. The number of hydrogen-bond acceptors (Lipinski definition) is 3. The number of nitrogens with zero attached hydrogens (tertiary/aromatic N) is 1. The Morgan fingerprint density at radius 3 is 2.56 bits per heavy atom. The van der Waals surface area contributed by atoms with Crippen LogP contribution < -0.4 is 4.74 Å². The summed E-state index contributed by atoms with van der Waals surface area (Å²) in [5.74, 6) is -0.377. The van der Waals surface area contributed by atoms with Crippen molar-refractivity contribution in [1.82, 2.24) is 9.88 Å². The van der Waals surface area contributed by atoms with E-state index < -0.39 is 11.7 Å². The summed E-state index contributed by atoms with van der Waals surface area (Å²) in [6.45, 7) is 2.74. The van der Waals surface area contributed by atoms with E-state index >= 15 is 0 Å². The van der Waals surface area contributed by atoms with E-state index in [0.717, 1.165) is 11.1 Å². The largest absolute Gasteiger partial charge is 0.497 e. The molecule has 1 heterocycles. The maximum absolute atomic E-state index is 12.8. The number of carbonyl (C=O) groups excluding carboxylic acids is 2. The Balaban J connectivity index is 1.87. The molecule has 0 unspecified atom stereocenters. The number of H-pyrrole nitrogens is 1. The molecule has 3 aromatic rings. The number of carbonyl (C=O) groups is 2. The van der Waals surface area contributed by atoms with Gasteiger partial charge in [-0.15, -0.1) is 0 Å². The summed E-state index contributed by atoms with van der Waals surface area (Å²) in [6.07, 6.45) is 1.58. The second-order valence-corrected chi connectivity index (χ2v) is 5.75. The molecule has 0 aliphatic carbocycles. The average molecular weight is 336 g/mol. The van der Waals surface area contributed by atoms with E-state index in [1.165, 1.54) is 0 Å². The molecule has 0 aliphatic heterocycles. The van der Waals surface area contributed by atoms with Crippen LogP contribution in [0.15, 0.2) is 54.7 Å². The van der Waals surface area contributed by atoms with Gasteiger partial charge in [0.05, 0.1) is 12.7 Å². The Hall–Kier alpha value is -3.08. The zero-order valence-corrected chi connectivity index (χ0v) is 14.3. The average Bonchev–Trinajstić information content (AvgIpc) is 3.08. The lowest BCUT2D eigenvalue weighted by Gasteiger charge is -2.20. The van der Waals surface area contributed by atoms with Crippen molar-refractivity contribution in [3.8, 4) is 5.75 Å². The number of benzene rings is 2. The predicted octanol–water partition coefficient (Wildman–Crippen LogP) is 3.41. The number of Topliss-reactive ketones (excluding diaryl/α,β-unsaturated/α-hetero) is 1. The van der Waals surface area contributed by atoms with Gasteiger partial charge in [0.25, 0.3) is 11.7 Å². The number of methoxy groups -OCH3 is 1. The molecule has 0 atom stereocenters. The molecule has 1 N–H and O–H groups in total. The van der Waals surface area contributed by atoms with Crippen molar-refractivity contribution in [3.63, 3.8) is 0 Å². The maximum atomic E-state index is 12.8. The van der Waals surface area contributed by atoms with E-state index in [9.17, 15) is 9.59 Å². The number of ether oxygens (including phenoxy) is 1. The second-order valence-electron chi connectivity index (χ2n) is 5.75. The fraction of sp³-hybridized carbons (Fsp3) is 0.200. The number of nitrogens with one attached hydrogen (secondary N) is 1. The number of ketones is 1. The zero-order valence-electron chi connectivity index (χ0n) is 14.3. The monoisotopic (exact) mass is 336 g/mol. The van der Waals surface area contributed by atoms with Gasteiger partial charge in [-0.25, -0.2) is 0 Å². The third kappa shape index (κ3) is 3.40. The summed E-state index contributed by atoms with van der Waals surface area (Å²) in [6, 6.07) is 15.0. The first kappa shape index (κ1) is 16.8. The summed E-state index contributed by atoms with van der Waals surface area (Å²) < 4.78 is 5.21. The fourth-order valence-corrected chi connectivity index (χ4v) is 2.80. The smallest absolute Gasteiger partial charge is 0.295 e. The van der Waals surface area contributed by atoms with Gasteiger partial charge in [-0.1, -0.05) is 30.3 Å². The van der Waals surface area contributed by atoms with Crippen LogP contribution in [0.5, 0.6) is 5.75 Å². The first-order valence-corrected chi connectivity index (χ1v) is 8.16. The van der Waals surface area contributed by atoms with Crippen LogP contribution in [-0.4, -0.2) is 35.2 Å². The molecule has 0 bridgehead atoms. The number of aromatic amines is 1. The molecule has 128 valence electrons. The van der Waals surface area contributed by atoms with E-state index in [-0.39, 0.29) is 0 Å².